The number of ether oxygens (including phenoxy) is 2. The Labute approximate surface area is 194 Å². The molecule has 0 heterocycles. The lowest BCUT2D eigenvalue weighted by Crippen LogP contribution is -2.27. The zero-order valence-corrected chi connectivity index (χ0v) is 19.0. The van der Waals surface area contributed by atoms with Gasteiger partial charge in [0, 0.05) is 5.56 Å². The van der Waals surface area contributed by atoms with Gasteiger partial charge in [0.25, 0.3) is 5.91 Å². The first kappa shape index (κ1) is 23.1. The van der Waals surface area contributed by atoms with Gasteiger partial charge in [0.1, 0.15) is 12.3 Å². The molecule has 0 bridgehead atoms. The van der Waals surface area contributed by atoms with Crippen molar-refractivity contribution in [1.29, 1.82) is 0 Å². The van der Waals surface area contributed by atoms with E-state index in [1.54, 1.807) is 42.5 Å². The monoisotopic (exact) mass is 495 g/mol. The zero-order chi connectivity index (χ0) is 22.9. The number of amides is 1. The number of hydrogen-bond acceptors (Lipinski definition) is 4. The predicted molar refractivity (Wildman–Crippen MR) is 126 cm³/mol. The van der Waals surface area contributed by atoms with Gasteiger partial charge < -0.3 is 19.9 Å². The summed E-state index contributed by atoms with van der Waals surface area (Å²) in [6, 6.07) is 21.5. The third kappa shape index (κ3) is 6.21. The molecule has 0 unspecified atom stereocenters. The summed E-state index contributed by atoms with van der Waals surface area (Å²) in [5.41, 5.74) is 1.63. The van der Waals surface area contributed by atoms with Crippen molar-refractivity contribution in [2.45, 2.75) is 13.5 Å². The first-order valence-electron chi connectivity index (χ1n) is 9.92. The molecule has 3 aromatic rings. The molecule has 3 rings (SSSR count). The molecule has 164 valence electrons. The molecule has 0 atom stereocenters. The maximum Gasteiger partial charge on any atom is 0.352 e. The molecule has 0 aliphatic heterocycles. The van der Waals surface area contributed by atoms with Crippen LogP contribution in [0.1, 0.15) is 28.4 Å². The maximum absolute atomic E-state index is 12.4. The molecule has 0 aromatic heterocycles. The molecule has 0 spiro atoms. The molecule has 3 aromatic carbocycles. The molecule has 0 aliphatic carbocycles. The number of nitrogens with one attached hydrogen (secondary N) is 1. The summed E-state index contributed by atoms with van der Waals surface area (Å²) >= 11 is 3.49. The fourth-order valence-corrected chi connectivity index (χ4v) is 3.48. The molecule has 0 aliphatic rings. The van der Waals surface area contributed by atoms with Crippen LogP contribution < -0.4 is 14.8 Å². The maximum atomic E-state index is 12.4. The predicted octanol–water partition coefficient (Wildman–Crippen LogP) is 5.28. The number of rotatable bonds is 9. The van der Waals surface area contributed by atoms with Crippen LogP contribution in [0.2, 0.25) is 0 Å². The quantitative estimate of drug-likeness (QED) is 0.394. The van der Waals surface area contributed by atoms with Crippen LogP contribution in [0.5, 0.6) is 11.5 Å². The number of benzene rings is 3. The van der Waals surface area contributed by atoms with Gasteiger partial charge >= 0.3 is 5.97 Å². The van der Waals surface area contributed by atoms with E-state index in [1.807, 2.05) is 37.3 Å². The lowest BCUT2D eigenvalue weighted by molar-refractivity contribution is -0.132. The second kappa shape index (κ2) is 11.2. The number of carbonyl (C=O) groups excluding carboxylic acids is 1. The number of halogens is 1. The van der Waals surface area contributed by atoms with E-state index in [0.717, 1.165) is 5.56 Å². The summed E-state index contributed by atoms with van der Waals surface area (Å²) in [5.74, 6) is -0.792. The van der Waals surface area contributed by atoms with Crippen molar-refractivity contribution in [2.24, 2.45) is 0 Å². The van der Waals surface area contributed by atoms with Gasteiger partial charge in [-0.25, -0.2) is 4.79 Å². The highest BCUT2D eigenvalue weighted by atomic mass is 79.9. The molecule has 0 saturated heterocycles. The summed E-state index contributed by atoms with van der Waals surface area (Å²) in [6.07, 6.45) is 1.37. The van der Waals surface area contributed by atoms with Crippen LogP contribution in [-0.4, -0.2) is 23.6 Å². The third-order valence-electron chi connectivity index (χ3n) is 4.38. The first-order valence-corrected chi connectivity index (χ1v) is 10.7. The summed E-state index contributed by atoms with van der Waals surface area (Å²) in [6.45, 7) is 2.60. The second-order valence-electron chi connectivity index (χ2n) is 6.72. The van der Waals surface area contributed by atoms with Gasteiger partial charge in [-0.05, 0) is 64.3 Å². The third-order valence-corrected chi connectivity index (χ3v) is 4.97. The Morgan fingerprint density at radius 1 is 1.00 bits per heavy atom. The van der Waals surface area contributed by atoms with Crippen LogP contribution >= 0.6 is 15.9 Å². The average Bonchev–Trinajstić information content (AvgIpc) is 2.79. The van der Waals surface area contributed by atoms with Crippen LogP contribution in [0.15, 0.2) is 83.0 Å². The Morgan fingerprint density at radius 3 is 2.28 bits per heavy atom. The molecule has 0 saturated carbocycles. The van der Waals surface area contributed by atoms with Gasteiger partial charge in [-0.15, -0.1) is 0 Å². The highest BCUT2D eigenvalue weighted by molar-refractivity contribution is 9.10. The Kier molecular flexibility index (Phi) is 8.05. The van der Waals surface area contributed by atoms with Gasteiger partial charge in [-0.3, -0.25) is 4.79 Å². The van der Waals surface area contributed by atoms with Crippen LogP contribution in [-0.2, 0) is 11.4 Å². The topological polar surface area (TPSA) is 84.9 Å². The van der Waals surface area contributed by atoms with Gasteiger partial charge in [0.05, 0.1) is 11.1 Å². The minimum atomic E-state index is -1.26. The fourth-order valence-electron chi connectivity index (χ4n) is 2.91. The lowest BCUT2D eigenvalue weighted by Gasteiger charge is -2.15. The molecular formula is C25H22BrNO5. The molecule has 2 N–H and O–H groups in total. The average molecular weight is 496 g/mol. The first-order chi connectivity index (χ1) is 15.5. The summed E-state index contributed by atoms with van der Waals surface area (Å²) in [7, 11) is 0. The van der Waals surface area contributed by atoms with Crippen LogP contribution in [0.25, 0.3) is 6.08 Å². The number of carboxylic acid groups (broad SMARTS) is 1. The SMILES string of the molecule is CCOc1cc(C=C(NC(=O)c2ccccc2)C(=O)O)cc(Br)c1OCc1ccccc1. The van der Waals surface area contributed by atoms with E-state index in [1.165, 1.54) is 6.08 Å². The summed E-state index contributed by atoms with van der Waals surface area (Å²) in [5, 5.41) is 12.0. The minimum absolute atomic E-state index is 0.258. The Hall–Kier alpha value is -3.58. The number of carbonyl (C=O) groups is 2. The van der Waals surface area contributed by atoms with Crippen molar-refractivity contribution in [2.75, 3.05) is 6.61 Å². The molecule has 6 nitrogen and oxygen atoms in total. The lowest BCUT2D eigenvalue weighted by atomic mass is 10.1. The van der Waals surface area contributed by atoms with E-state index >= 15 is 0 Å². The van der Waals surface area contributed by atoms with Crippen LogP contribution in [0, 0.1) is 0 Å². The second-order valence-corrected chi connectivity index (χ2v) is 7.57. The number of hydrogen-bond donors (Lipinski definition) is 2. The van der Waals surface area contributed by atoms with Crippen molar-refractivity contribution < 1.29 is 24.2 Å². The zero-order valence-electron chi connectivity index (χ0n) is 17.4. The highest BCUT2D eigenvalue weighted by Crippen LogP contribution is 2.38. The van der Waals surface area contributed by atoms with Crippen molar-refractivity contribution in [1.82, 2.24) is 5.32 Å². The minimum Gasteiger partial charge on any atom is -0.490 e. The van der Waals surface area contributed by atoms with Gasteiger partial charge in [0.2, 0.25) is 0 Å². The van der Waals surface area contributed by atoms with Crippen LogP contribution in [0.4, 0.5) is 0 Å². The van der Waals surface area contributed by atoms with E-state index in [2.05, 4.69) is 21.2 Å². The molecule has 1 amide bonds. The molecule has 0 radical (unpaired) electrons. The standard InChI is InChI=1S/C25H22BrNO5/c1-2-31-22-15-18(13-20(26)23(22)32-16-17-9-5-3-6-10-17)14-21(25(29)30)27-24(28)19-11-7-4-8-12-19/h3-15H,2,16H2,1H3,(H,27,28)(H,29,30). The van der Waals surface area contributed by atoms with E-state index in [9.17, 15) is 14.7 Å². The van der Waals surface area contributed by atoms with Gasteiger partial charge in [-0.1, -0.05) is 48.5 Å². The van der Waals surface area contributed by atoms with E-state index in [4.69, 9.17) is 9.47 Å². The number of aliphatic carboxylic acids is 1. The van der Waals surface area contributed by atoms with Crippen molar-refractivity contribution in [3.63, 3.8) is 0 Å². The van der Waals surface area contributed by atoms with E-state index in [-0.39, 0.29) is 5.70 Å². The van der Waals surface area contributed by atoms with Gasteiger partial charge in [0.15, 0.2) is 11.5 Å². The Balaban J connectivity index is 1.87. The van der Waals surface area contributed by atoms with Crippen LogP contribution in [0.3, 0.4) is 0 Å². The molecular weight excluding hydrogens is 474 g/mol. The van der Waals surface area contributed by atoms with Crippen molar-refractivity contribution >= 4 is 33.9 Å². The van der Waals surface area contributed by atoms with E-state index in [0.29, 0.717) is 40.3 Å². The summed E-state index contributed by atoms with van der Waals surface area (Å²) < 4.78 is 12.3. The van der Waals surface area contributed by atoms with Crippen molar-refractivity contribution in [3.05, 3.63) is 99.7 Å². The Bertz CT molecular complexity index is 1110. The number of carboxylic acids is 1. The fraction of sp³-hybridized carbons (Fsp3) is 0.120. The molecule has 0 fully saturated rings. The highest BCUT2D eigenvalue weighted by Gasteiger charge is 2.16. The van der Waals surface area contributed by atoms with E-state index < -0.39 is 11.9 Å². The molecule has 7 heteroatoms. The Morgan fingerprint density at radius 2 is 1.66 bits per heavy atom. The summed E-state index contributed by atoms with van der Waals surface area (Å²) in [4.78, 5) is 24.1. The smallest absolute Gasteiger partial charge is 0.352 e. The van der Waals surface area contributed by atoms with Gasteiger partial charge in [-0.2, -0.15) is 0 Å². The normalized spacial score (nSPS) is 11.0. The largest absolute Gasteiger partial charge is 0.490 e. The molecule has 32 heavy (non-hydrogen) atoms. The van der Waals surface area contributed by atoms with Crippen molar-refractivity contribution in [3.8, 4) is 11.5 Å².